The number of rotatable bonds is 5. The summed E-state index contributed by atoms with van der Waals surface area (Å²) in [5, 5.41) is 0. The summed E-state index contributed by atoms with van der Waals surface area (Å²) in [6.07, 6.45) is 3.87. The van der Waals surface area contributed by atoms with Crippen molar-refractivity contribution < 1.29 is 8.42 Å². The van der Waals surface area contributed by atoms with Crippen LogP contribution in [-0.2, 0) is 10.0 Å². The van der Waals surface area contributed by atoms with Crippen LogP contribution >= 0.6 is 11.6 Å². The van der Waals surface area contributed by atoms with Crippen LogP contribution in [0.2, 0.25) is 0 Å². The van der Waals surface area contributed by atoms with Crippen LogP contribution in [0.3, 0.4) is 0 Å². The maximum absolute atomic E-state index is 12.4. The number of halogens is 1. The largest absolute Gasteiger partial charge is 0.219 e. The van der Waals surface area contributed by atoms with E-state index in [1.165, 1.54) is 0 Å². The predicted octanol–water partition coefficient (Wildman–Crippen LogP) is 2.60. The molecule has 1 rings (SSSR count). The van der Waals surface area contributed by atoms with Gasteiger partial charge in [-0.25, -0.2) is 8.42 Å². The van der Waals surface area contributed by atoms with Crippen molar-refractivity contribution in [2.75, 3.05) is 12.4 Å². The van der Waals surface area contributed by atoms with Crippen LogP contribution in [-0.4, -0.2) is 35.9 Å². The number of nitrogens with zero attached hydrogens (tertiary/aromatic N) is 1. The minimum atomic E-state index is -3.20. The Labute approximate surface area is 104 Å². The lowest BCUT2D eigenvalue weighted by Gasteiger charge is -2.40. The third-order valence-electron chi connectivity index (χ3n) is 3.08. The molecule has 0 aromatic rings. The summed E-state index contributed by atoms with van der Waals surface area (Å²) in [4.78, 5) is 0. The predicted molar refractivity (Wildman–Crippen MR) is 68.4 cm³/mol. The molecule has 0 aliphatic heterocycles. The van der Waals surface area contributed by atoms with E-state index >= 15 is 0 Å². The van der Waals surface area contributed by atoms with Gasteiger partial charge in [0.1, 0.15) is 0 Å². The standard InChI is InChI=1S/C11H22ClNO2S/c1-11(2,3)16(14,15)13(9-5-8-12)10-6-4-7-10/h10H,4-9H2,1-3H3. The van der Waals surface area contributed by atoms with Gasteiger partial charge in [0.2, 0.25) is 10.0 Å². The molecule has 0 aromatic carbocycles. The SMILES string of the molecule is CC(C)(C)S(=O)(=O)N(CCCCl)C1CCC1. The third kappa shape index (κ3) is 2.90. The Morgan fingerprint density at radius 3 is 2.19 bits per heavy atom. The summed E-state index contributed by atoms with van der Waals surface area (Å²) in [5.74, 6) is 0.517. The number of alkyl halides is 1. The van der Waals surface area contributed by atoms with Crippen molar-refractivity contribution in [3.63, 3.8) is 0 Å². The van der Waals surface area contributed by atoms with Gasteiger partial charge in [-0.05, 0) is 40.0 Å². The van der Waals surface area contributed by atoms with Gasteiger partial charge in [-0.15, -0.1) is 11.6 Å². The quantitative estimate of drug-likeness (QED) is 0.718. The van der Waals surface area contributed by atoms with Gasteiger partial charge in [-0.2, -0.15) is 4.31 Å². The topological polar surface area (TPSA) is 37.4 Å². The lowest BCUT2D eigenvalue weighted by molar-refractivity contribution is 0.215. The first-order valence-corrected chi connectivity index (χ1v) is 7.85. The Kier molecular flexibility index (Phi) is 4.66. The van der Waals surface area contributed by atoms with E-state index in [9.17, 15) is 8.42 Å². The average Bonchev–Trinajstić information content (AvgIpc) is 2.06. The summed E-state index contributed by atoms with van der Waals surface area (Å²) in [5.41, 5.74) is 0. The van der Waals surface area contributed by atoms with Crippen LogP contribution < -0.4 is 0 Å². The highest BCUT2D eigenvalue weighted by Crippen LogP contribution is 2.31. The maximum Gasteiger partial charge on any atom is 0.219 e. The molecule has 0 bridgehead atoms. The van der Waals surface area contributed by atoms with E-state index in [2.05, 4.69) is 0 Å². The molecule has 0 heterocycles. The molecule has 1 aliphatic rings. The Balaban J connectivity index is 2.83. The van der Waals surface area contributed by atoms with Crippen molar-refractivity contribution in [1.82, 2.24) is 4.31 Å². The monoisotopic (exact) mass is 267 g/mol. The van der Waals surface area contributed by atoms with E-state index in [1.807, 2.05) is 0 Å². The molecule has 1 saturated carbocycles. The lowest BCUT2D eigenvalue weighted by atomic mass is 9.93. The highest BCUT2D eigenvalue weighted by Gasteiger charge is 2.40. The number of sulfonamides is 1. The minimum Gasteiger partial charge on any atom is -0.212 e. The van der Waals surface area contributed by atoms with Gasteiger partial charge in [0.25, 0.3) is 0 Å². The van der Waals surface area contributed by atoms with E-state index in [0.717, 1.165) is 25.7 Å². The first-order valence-electron chi connectivity index (χ1n) is 5.88. The van der Waals surface area contributed by atoms with Crippen LogP contribution in [0.25, 0.3) is 0 Å². The Morgan fingerprint density at radius 2 is 1.88 bits per heavy atom. The molecule has 0 saturated heterocycles. The van der Waals surface area contributed by atoms with Gasteiger partial charge in [0.05, 0.1) is 4.75 Å². The third-order valence-corrected chi connectivity index (χ3v) is 5.99. The smallest absolute Gasteiger partial charge is 0.212 e. The van der Waals surface area contributed by atoms with Gasteiger partial charge < -0.3 is 0 Å². The fourth-order valence-electron chi connectivity index (χ4n) is 1.74. The molecular weight excluding hydrogens is 246 g/mol. The molecule has 5 heteroatoms. The fourth-order valence-corrected chi connectivity index (χ4v) is 3.54. The van der Waals surface area contributed by atoms with E-state index in [-0.39, 0.29) is 6.04 Å². The molecule has 16 heavy (non-hydrogen) atoms. The minimum absolute atomic E-state index is 0.215. The Morgan fingerprint density at radius 1 is 1.31 bits per heavy atom. The van der Waals surface area contributed by atoms with Crippen LogP contribution in [0.5, 0.6) is 0 Å². The summed E-state index contributed by atoms with van der Waals surface area (Å²) in [7, 11) is -3.20. The van der Waals surface area contributed by atoms with Gasteiger partial charge in [0.15, 0.2) is 0 Å². The van der Waals surface area contributed by atoms with Crippen LogP contribution in [0.15, 0.2) is 0 Å². The van der Waals surface area contributed by atoms with Crippen molar-refractivity contribution >= 4 is 21.6 Å². The normalized spacial score (nSPS) is 18.8. The first kappa shape index (κ1) is 14.3. The van der Waals surface area contributed by atoms with Crippen molar-refractivity contribution in [3.8, 4) is 0 Å². The van der Waals surface area contributed by atoms with Gasteiger partial charge in [-0.1, -0.05) is 6.42 Å². The van der Waals surface area contributed by atoms with E-state index < -0.39 is 14.8 Å². The average molecular weight is 268 g/mol. The zero-order chi connectivity index (χ0) is 12.4. The molecule has 3 nitrogen and oxygen atoms in total. The molecule has 0 unspecified atom stereocenters. The molecule has 0 radical (unpaired) electrons. The second kappa shape index (κ2) is 5.23. The lowest BCUT2D eigenvalue weighted by Crippen LogP contribution is -2.51. The van der Waals surface area contributed by atoms with E-state index in [4.69, 9.17) is 11.6 Å². The highest BCUT2D eigenvalue weighted by molar-refractivity contribution is 7.90. The second-order valence-electron chi connectivity index (χ2n) is 5.36. The number of hydrogen-bond donors (Lipinski definition) is 0. The molecule has 1 fully saturated rings. The van der Waals surface area contributed by atoms with Crippen molar-refractivity contribution in [1.29, 1.82) is 0 Å². The van der Waals surface area contributed by atoms with Gasteiger partial charge in [-0.3, -0.25) is 0 Å². The zero-order valence-electron chi connectivity index (χ0n) is 10.4. The summed E-state index contributed by atoms with van der Waals surface area (Å²) >= 11 is 5.65. The molecule has 0 amide bonds. The first-order chi connectivity index (χ1) is 7.30. The summed E-state index contributed by atoms with van der Waals surface area (Å²) < 4.78 is 25.7. The van der Waals surface area contributed by atoms with Gasteiger partial charge in [0, 0.05) is 18.5 Å². The van der Waals surface area contributed by atoms with E-state index in [1.54, 1.807) is 25.1 Å². The molecule has 0 spiro atoms. The molecule has 96 valence electrons. The van der Waals surface area contributed by atoms with Crippen molar-refractivity contribution in [2.24, 2.45) is 0 Å². The summed E-state index contributed by atoms with van der Waals surface area (Å²) in [6, 6.07) is 0.215. The molecular formula is C11H22ClNO2S. The van der Waals surface area contributed by atoms with Crippen LogP contribution in [0.1, 0.15) is 46.5 Å². The highest BCUT2D eigenvalue weighted by atomic mass is 35.5. The van der Waals surface area contributed by atoms with Crippen LogP contribution in [0, 0.1) is 0 Å². The second-order valence-corrected chi connectivity index (χ2v) is 8.38. The van der Waals surface area contributed by atoms with E-state index in [0.29, 0.717) is 12.4 Å². The van der Waals surface area contributed by atoms with Crippen molar-refractivity contribution in [3.05, 3.63) is 0 Å². The maximum atomic E-state index is 12.4. The molecule has 0 atom stereocenters. The fraction of sp³-hybridized carbons (Fsp3) is 1.00. The van der Waals surface area contributed by atoms with Crippen molar-refractivity contribution in [2.45, 2.75) is 57.2 Å². The van der Waals surface area contributed by atoms with Gasteiger partial charge >= 0.3 is 0 Å². The Bertz CT molecular complexity index is 317. The molecule has 0 aromatic heterocycles. The summed E-state index contributed by atoms with van der Waals surface area (Å²) in [6.45, 7) is 5.84. The molecule has 0 N–H and O–H groups in total. The Hall–Kier alpha value is 0.200. The number of hydrogen-bond acceptors (Lipinski definition) is 2. The van der Waals surface area contributed by atoms with Crippen LogP contribution in [0.4, 0.5) is 0 Å². The molecule has 1 aliphatic carbocycles. The zero-order valence-corrected chi connectivity index (χ0v) is 11.9.